The first-order valence-corrected chi connectivity index (χ1v) is 5.81. The van der Waals surface area contributed by atoms with E-state index in [0.717, 1.165) is 6.42 Å². The normalized spacial score (nSPS) is 26.4. The van der Waals surface area contributed by atoms with E-state index in [4.69, 9.17) is 5.53 Å². The maximum Gasteiger partial charge on any atom is 0.223 e. The Morgan fingerprint density at radius 1 is 1.56 bits per heavy atom. The van der Waals surface area contributed by atoms with Crippen LogP contribution in [0.1, 0.15) is 40.0 Å². The van der Waals surface area contributed by atoms with Crippen molar-refractivity contribution >= 4 is 5.91 Å². The molecule has 0 aromatic rings. The van der Waals surface area contributed by atoms with Gasteiger partial charge in [-0.1, -0.05) is 45.8 Å². The van der Waals surface area contributed by atoms with Crippen molar-refractivity contribution < 1.29 is 4.79 Å². The van der Waals surface area contributed by atoms with Gasteiger partial charge in [-0.05, 0) is 28.4 Å². The molecule has 0 heterocycles. The summed E-state index contributed by atoms with van der Waals surface area (Å²) in [6, 6.07) is 0. The predicted molar refractivity (Wildman–Crippen MR) is 63.6 cm³/mol. The highest BCUT2D eigenvalue weighted by molar-refractivity contribution is 5.84. The van der Waals surface area contributed by atoms with E-state index >= 15 is 0 Å². The lowest BCUT2D eigenvalue weighted by atomic mass is 10.1. The molecule has 0 N–H and O–H groups in total. The standard InChI is InChI=1S/C12H19N3O/c1-4-5-6-7-8-9-10(12(9,2)3)11(16)14-15-13/h7-10H,4-6H2,1-3H3/b8-7-/t9-,10-/m0/s1. The number of hydrogen-bond donors (Lipinski definition) is 0. The second kappa shape index (κ2) is 5.17. The van der Waals surface area contributed by atoms with Crippen LogP contribution in [-0.2, 0) is 4.79 Å². The molecule has 0 aromatic heterocycles. The Hall–Kier alpha value is -1.28. The van der Waals surface area contributed by atoms with E-state index in [9.17, 15) is 4.79 Å². The Balaban J connectivity index is 2.54. The van der Waals surface area contributed by atoms with Crippen molar-refractivity contribution in [3.05, 3.63) is 22.6 Å². The Bertz CT molecular complexity index is 340. The molecule has 1 saturated carbocycles. The fraction of sp³-hybridized carbons (Fsp3) is 0.750. The van der Waals surface area contributed by atoms with E-state index in [1.165, 1.54) is 12.8 Å². The minimum atomic E-state index is -0.322. The summed E-state index contributed by atoms with van der Waals surface area (Å²) in [4.78, 5) is 14.0. The molecule has 1 rings (SSSR count). The molecule has 0 saturated heterocycles. The molecule has 1 fully saturated rings. The van der Waals surface area contributed by atoms with Crippen molar-refractivity contribution in [3.8, 4) is 0 Å². The summed E-state index contributed by atoms with van der Waals surface area (Å²) >= 11 is 0. The molecule has 0 aromatic carbocycles. The number of allylic oxidation sites excluding steroid dienone is 2. The Morgan fingerprint density at radius 3 is 2.81 bits per heavy atom. The van der Waals surface area contributed by atoms with Gasteiger partial charge in [0.25, 0.3) is 0 Å². The summed E-state index contributed by atoms with van der Waals surface area (Å²) in [5.74, 6) is -0.207. The first-order valence-electron chi connectivity index (χ1n) is 5.81. The van der Waals surface area contributed by atoms with Gasteiger partial charge < -0.3 is 0 Å². The largest absolute Gasteiger partial charge is 0.292 e. The summed E-state index contributed by atoms with van der Waals surface area (Å²) in [5, 5.41) is 3.18. The number of carbonyl (C=O) groups is 1. The van der Waals surface area contributed by atoms with E-state index in [2.05, 4.69) is 29.1 Å². The van der Waals surface area contributed by atoms with E-state index in [-0.39, 0.29) is 23.2 Å². The zero-order chi connectivity index (χ0) is 12.2. The second-order valence-electron chi connectivity index (χ2n) is 4.92. The summed E-state index contributed by atoms with van der Waals surface area (Å²) in [7, 11) is 0. The monoisotopic (exact) mass is 221 g/mol. The second-order valence-corrected chi connectivity index (χ2v) is 4.92. The van der Waals surface area contributed by atoms with Crippen molar-refractivity contribution in [2.75, 3.05) is 0 Å². The van der Waals surface area contributed by atoms with Gasteiger partial charge in [0.15, 0.2) is 0 Å². The van der Waals surface area contributed by atoms with Crippen LogP contribution in [0, 0.1) is 17.3 Å². The van der Waals surface area contributed by atoms with Crippen LogP contribution in [-0.4, -0.2) is 5.91 Å². The van der Waals surface area contributed by atoms with Gasteiger partial charge in [0.2, 0.25) is 5.91 Å². The molecule has 88 valence electrons. The molecular weight excluding hydrogens is 202 g/mol. The molecule has 0 bridgehead atoms. The highest BCUT2D eigenvalue weighted by Gasteiger charge is 2.59. The van der Waals surface area contributed by atoms with E-state index in [1.807, 2.05) is 13.8 Å². The molecule has 16 heavy (non-hydrogen) atoms. The van der Waals surface area contributed by atoms with Gasteiger partial charge in [-0.2, -0.15) is 0 Å². The lowest BCUT2D eigenvalue weighted by Gasteiger charge is -1.96. The van der Waals surface area contributed by atoms with Crippen molar-refractivity contribution in [1.29, 1.82) is 0 Å². The van der Waals surface area contributed by atoms with Crippen LogP contribution in [0.3, 0.4) is 0 Å². The molecule has 1 aliphatic rings. The number of rotatable bonds is 5. The van der Waals surface area contributed by atoms with Crippen molar-refractivity contribution in [3.63, 3.8) is 0 Å². The van der Waals surface area contributed by atoms with Crippen LogP contribution in [0.25, 0.3) is 10.4 Å². The zero-order valence-electron chi connectivity index (χ0n) is 10.2. The SMILES string of the molecule is CCCC/C=C\[C@H]1[C@@H](C(=O)N=[N+]=[N-])C1(C)C. The molecule has 0 aliphatic heterocycles. The van der Waals surface area contributed by atoms with Crippen LogP contribution < -0.4 is 0 Å². The van der Waals surface area contributed by atoms with Gasteiger partial charge in [-0.15, -0.1) is 0 Å². The highest BCUT2D eigenvalue weighted by Crippen LogP contribution is 2.59. The fourth-order valence-corrected chi connectivity index (χ4v) is 2.18. The molecule has 0 unspecified atom stereocenters. The van der Waals surface area contributed by atoms with Crippen LogP contribution in [0.5, 0.6) is 0 Å². The molecule has 1 amide bonds. The molecule has 0 radical (unpaired) electrons. The smallest absolute Gasteiger partial charge is 0.223 e. The molecule has 1 aliphatic carbocycles. The summed E-state index contributed by atoms with van der Waals surface area (Å²) < 4.78 is 0. The average Bonchev–Trinajstić information content (AvgIpc) is 2.76. The minimum absolute atomic E-state index is 0.0476. The number of nitrogens with zero attached hydrogens (tertiary/aromatic N) is 3. The first-order chi connectivity index (χ1) is 7.55. The Morgan fingerprint density at radius 2 is 2.25 bits per heavy atom. The third kappa shape index (κ3) is 2.64. The quantitative estimate of drug-likeness (QED) is 0.228. The van der Waals surface area contributed by atoms with Crippen LogP contribution in [0.2, 0.25) is 0 Å². The highest BCUT2D eigenvalue weighted by atomic mass is 16.2. The minimum Gasteiger partial charge on any atom is -0.292 e. The number of azide groups is 1. The Kier molecular flexibility index (Phi) is 4.13. The van der Waals surface area contributed by atoms with Crippen molar-refractivity contribution in [1.82, 2.24) is 0 Å². The third-order valence-corrected chi connectivity index (χ3v) is 3.39. The maximum absolute atomic E-state index is 11.5. The molecular formula is C12H19N3O. The van der Waals surface area contributed by atoms with Gasteiger partial charge in [-0.25, -0.2) is 0 Å². The Labute approximate surface area is 96.4 Å². The van der Waals surface area contributed by atoms with Gasteiger partial charge in [0, 0.05) is 10.8 Å². The van der Waals surface area contributed by atoms with Gasteiger partial charge in [0.05, 0.1) is 0 Å². The van der Waals surface area contributed by atoms with Crippen LogP contribution >= 0.6 is 0 Å². The fourth-order valence-electron chi connectivity index (χ4n) is 2.18. The topological polar surface area (TPSA) is 65.8 Å². The van der Waals surface area contributed by atoms with Gasteiger partial charge in [-0.3, -0.25) is 4.79 Å². The summed E-state index contributed by atoms with van der Waals surface area (Å²) in [6.45, 7) is 6.23. The molecule has 2 atom stereocenters. The van der Waals surface area contributed by atoms with Crippen molar-refractivity contribution in [2.45, 2.75) is 40.0 Å². The third-order valence-electron chi connectivity index (χ3n) is 3.39. The molecule has 0 spiro atoms. The van der Waals surface area contributed by atoms with E-state index in [1.54, 1.807) is 0 Å². The van der Waals surface area contributed by atoms with E-state index < -0.39 is 0 Å². The zero-order valence-corrected chi connectivity index (χ0v) is 10.2. The number of hydrogen-bond acceptors (Lipinski definition) is 1. The molecule has 4 nitrogen and oxygen atoms in total. The maximum atomic E-state index is 11.5. The summed E-state index contributed by atoms with van der Waals surface area (Å²) in [5.41, 5.74) is 8.19. The number of carbonyl (C=O) groups excluding carboxylic acids is 1. The predicted octanol–water partition coefficient (Wildman–Crippen LogP) is 3.84. The summed E-state index contributed by atoms with van der Waals surface area (Å²) in [6.07, 6.45) is 7.66. The lowest BCUT2D eigenvalue weighted by molar-refractivity contribution is -0.119. The number of amides is 1. The van der Waals surface area contributed by atoms with Crippen LogP contribution in [0.15, 0.2) is 17.3 Å². The average molecular weight is 221 g/mol. The van der Waals surface area contributed by atoms with Gasteiger partial charge >= 0.3 is 0 Å². The van der Waals surface area contributed by atoms with Gasteiger partial charge in [0.1, 0.15) is 0 Å². The van der Waals surface area contributed by atoms with Crippen LogP contribution in [0.4, 0.5) is 0 Å². The lowest BCUT2D eigenvalue weighted by Crippen LogP contribution is -2.00. The molecule has 4 heteroatoms. The van der Waals surface area contributed by atoms with E-state index in [0.29, 0.717) is 0 Å². The van der Waals surface area contributed by atoms with Crippen molar-refractivity contribution in [2.24, 2.45) is 22.4 Å². The first kappa shape index (κ1) is 12.8. The number of unbranched alkanes of at least 4 members (excludes halogenated alkanes) is 2.